The lowest BCUT2D eigenvalue weighted by Gasteiger charge is -2.14. The van der Waals surface area contributed by atoms with E-state index in [4.69, 9.17) is 11.5 Å². The maximum absolute atomic E-state index is 9.81. The molecule has 0 fully saturated rings. The fourth-order valence-electron chi connectivity index (χ4n) is 1.36. The summed E-state index contributed by atoms with van der Waals surface area (Å²) in [5, 5.41) is 9.81. The van der Waals surface area contributed by atoms with Gasteiger partial charge in [-0.05, 0) is 47.4 Å². The smallest absolute Gasteiger partial charge is 0.134 e. The number of benzene rings is 1. The van der Waals surface area contributed by atoms with Crippen molar-refractivity contribution in [3.8, 4) is 5.75 Å². The minimum atomic E-state index is -0.178. The van der Waals surface area contributed by atoms with Crippen molar-refractivity contribution in [1.82, 2.24) is 0 Å². The maximum atomic E-state index is 9.81. The van der Waals surface area contributed by atoms with Crippen molar-refractivity contribution in [3.63, 3.8) is 0 Å². The summed E-state index contributed by atoms with van der Waals surface area (Å²) in [7, 11) is 0. The van der Waals surface area contributed by atoms with Gasteiger partial charge in [0.25, 0.3) is 0 Å². The molecule has 0 bridgehead atoms. The minimum absolute atomic E-state index is 0. The van der Waals surface area contributed by atoms with E-state index in [0.717, 1.165) is 22.9 Å². The van der Waals surface area contributed by atoms with E-state index in [2.05, 4.69) is 31.9 Å². The molecule has 0 radical (unpaired) electrons. The first-order valence-corrected chi connectivity index (χ1v) is 6.28. The van der Waals surface area contributed by atoms with Gasteiger partial charge in [0.15, 0.2) is 0 Å². The van der Waals surface area contributed by atoms with Crippen LogP contribution in [0, 0.1) is 0 Å². The van der Waals surface area contributed by atoms with E-state index in [1.54, 1.807) is 6.07 Å². The lowest BCUT2D eigenvalue weighted by molar-refractivity contribution is 0.454. The van der Waals surface area contributed by atoms with Crippen molar-refractivity contribution in [1.29, 1.82) is 0 Å². The average molecular weight is 375 g/mol. The molecule has 0 saturated heterocycles. The van der Waals surface area contributed by atoms with Gasteiger partial charge in [0, 0.05) is 16.1 Å². The Balaban J connectivity index is 0.00000225. The molecule has 0 saturated carbocycles. The zero-order valence-electron chi connectivity index (χ0n) is 8.62. The monoisotopic (exact) mass is 372 g/mol. The molecule has 0 heterocycles. The van der Waals surface area contributed by atoms with Crippen LogP contribution in [0.15, 0.2) is 21.1 Å². The van der Waals surface area contributed by atoms with Gasteiger partial charge in [0.05, 0.1) is 4.47 Å². The van der Waals surface area contributed by atoms with Crippen LogP contribution in [0.1, 0.15) is 24.4 Å². The number of aromatic hydroxyl groups is 1. The van der Waals surface area contributed by atoms with Crippen molar-refractivity contribution in [2.24, 2.45) is 11.5 Å². The second kappa shape index (κ2) is 7.50. The molecule has 0 aromatic heterocycles. The number of hydrogen-bond acceptors (Lipinski definition) is 3. The summed E-state index contributed by atoms with van der Waals surface area (Å²) in [5.41, 5.74) is 12.1. The summed E-state index contributed by atoms with van der Waals surface area (Å²) in [6.07, 6.45) is 1.62. The number of halogens is 3. The van der Waals surface area contributed by atoms with Gasteiger partial charge >= 0.3 is 0 Å². The van der Waals surface area contributed by atoms with Crippen LogP contribution in [0.25, 0.3) is 0 Å². The van der Waals surface area contributed by atoms with Gasteiger partial charge in [-0.3, -0.25) is 0 Å². The molecule has 92 valence electrons. The Bertz CT molecular complexity index is 350. The lowest BCUT2D eigenvalue weighted by Crippen LogP contribution is -2.12. The first kappa shape index (κ1) is 16.2. The van der Waals surface area contributed by atoms with Crippen LogP contribution in [0.3, 0.4) is 0 Å². The first-order valence-electron chi connectivity index (χ1n) is 4.69. The largest absolute Gasteiger partial charge is 0.506 e. The fraction of sp³-hybridized carbons (Fsp3) is 0.400. The molecule has 16 heavy (non-hydrogen) atoms. The number of phenols is 1. The summed E-state index contributed by atoms with van der Waals surface area (Å²) in [6, 6.07) is 3.44. The molecule has 0 spiro atoms. The van der Waals surface area contributed by atoms with Gasteiger partial charge in [-0.25, -0.2) is 0 Å². The van der Waals surface area contributed by atoms with Crippen LogP contribution in [0.4, 0.5) is 0 Å². The van der Waals surface area contributed by atoms with E-state index in [1.165, 1.54) is 0 Å². The van der Waals surface area contributed by atoms with Crippen LogP contribution >= 0.6 is 44.3 Å². The Labute approximate surface area is 118 Å². The van der Waals surface area contributed by atoms with Gasteiger partial charge in [0.2, 0.25) is 0 Å². The zero-order chi connectivity index (χ0) is 11.4. The highest BCUT2D eigenvalue weighted by molar-refractivity contribution is 9.11. The third kappa shape index (κ3) is 4.22. The maximum Gasteiger partial charge on any atom is 0.134 e. The number of rotatable bonds is 4. The second-order valence-electron chi connectivity index (χ2n) is 3.36. The third-order valence-electron chi connectivity index (χ3n) is 2.18. The van der Waals surface area contributed by atoms with E-state index in [0.29, 0.717) is 11.0 Å². The Hall–Kier alpha value is 0.190. The van der Waals surface area contributed by atoms with E-state index in [9.17, 15) is 5.11 Å². The fourth-order valence-corrected chi connectivity index (χ4v) is 2.62. The first-order chi connectivity index (χ1) is 7.06. The van der Waals surface area contributed by atoms with Crippen molar-refractivity contribution >= 4 is 44.3 Å². The average Bonchev–Trinajstić information content (AvgIpc) is 2.19. The van der Waals surface area contributed by atoms with Gasteiger partial charge in [-0.1, -0.05) is 15.9 Å². The molecule has 0 aliphatic rings. The molecule has 1 aromatic carbocycles. The highest BCUT2D eigenvalue weighted by atomic mass is 79.9. The molecular weight excluding hydrogens is 359 g/mol. The number of phenolic OH excluding ortho intramolecular Hbond substituents is 1. The molecule has 0 aliphatic carbocycles. The Morgan fingerprint density at radius 1 is 1.31 bits per heavy atom. The highest BCUT2D eigenvalue weighted by Crippen LogP contribution is 2.35. The van der Waals surface area contributed by atoms with E-state index in [-0.39, 0.29) is 24.2 Å². The van der Waals surface area contributed by atoms with Crippen LogP contribution in [0.2, 0.25) is 0 Å². The lowest BCUT2D eigenvalue weighted by atomic mass is 10.0. The Morgan fingerprint density at radius 2 is 1.94 bits per heavy atom. The predicted octanol–water partition coefficient (Wildman–Crippen LogP) is 3.08. The van der Waals surface area contributed by atoms with Crippen molar-refractivity contribution in [2.45, 2.75) is 18.9 Å². The molecular formula is C10H15Br2ClN2O. The molecule has 0 aliphatic heterocycles. The Kier molecular flexibility index (Phi) is 7.59. The molecule has 1 rings (SSSR count). The third-order valence-corrected chi connectivity index (χ3v) is 3.24. The van der Waals surface area contributed by atoms with Gasteiger partial charge < -0.3 is 16.6 Å². The standard InChI is InChI=1S/C10H14Br2N2O.ClH/c11-6-4-7(9(14)2-1-3-13)10(15)8(12)5-6;/h4-5,9,15H,1-3,13-14H2;1H/t9-;/m1./s1. The normalized spacial score (nSPS) is 12.0. The molecule has 1 aromatic rings. The minimum Gasteiger partial charge on any atom is -0.506 e. The van der Waals surface area contributed by atoms with Crippen LogP contribution in [-0.4, -0.2) is 11.7 Å². The van der Waals surface area contributed by atoms with Crippen LogP contribution in [0.5, 0.6) is 5.75 Å². The summed E-state index contributed by atoms with van der Waals surface area (Å²) >= 11 is 6.64. The van der Waals surface area contributed by atoms with Gasteiger partial charge in [0.1, 0.15) is 5.75 Å². The van der Waals surface area contributed by atoms with Crippen LogP contribution < -0.4 is 11.5 Å². The topological polar surface area (TPSA) is 72.3 Å². The summed E-state index contributed by atoms with van der Waals surface area (Å²) < 4.78 is 1.54. The van der Waals surface area contributed by atoms with Crippen molar-refractivity contribution in [3.05, 3.63) is 26.6 Å². The second-order valence-corrected chi connectivity index (χ2v) is 5.13. The Morgan fingerprint density at radius 3 is 2.50 bits per heavy atom. The van der Waals surface area contributed by atoms with Gasteiger partial charge in [-0.2, -0.15) is 0 Å². The predicted molar refractivity (Wildman–Crippen MR) is 76.0 cm³/mol. The summed E-state index contributed by atoms with van der Waals surface area (Å²) in [6.45, 7) is 0.615. The van der Waals surface area contributed by atoms with Crippen LogP contribution in [-0.2, 0) is 0 Å². The molecule has 0 unspecified atom stereocenters. The molecule has 1 atom stereocenters. The van der Waals surface area contributed by atoms with Gasteiger partial charge in [-0.15, -0.1) is 12.4 Å². The molecule has 6 heteroatoms. The SMILES string of the molecule is Cl.NCCC[C@@H](N)c1cc(Br)cc(Br)c1O. The van der Waals surface area contributed by atoms with Crippen molar-refractivity contribution in [2.75, 3.05) is 6.54 Å². The summed E-state index contributed by atoms with van der Waals surface area (Å²) in [5.74, 6) is 0.211. The summed E-state index contributed by atoms with van der Waals surface area (Å²) in [4.78, 5) is 0. The quantitative estimate of drug-likeness (QED) is 0.758. The number of nitrogens with two attached hydrogens (primary N) is 2. The van der Waals surface area contributed by atoms with E-state index >= 15 is 0 Å². The molecule has 5 N–H and O–H groups in total. The zero-order valence-corrected chi connectivity index (χ0v) is 12.6. The number of hydrogen-bond donors (Lipinski definition) is 3. The molecule has 3 nitrogen and oxygen atoms in total. The molecule has 0 amide bonds. The highest BCUT2D eigenvalue weighted by Gasteiger charge is 2.13. The van der Waals surface area contributed by atoms with Crippen molar-refractivity contribution < 1.29 is 5.11 Å². The van der Waals surface area contributed by atoms with E-state index < -0.39 is 0 Å². The van der Waals surface area contributed by atoms with E-state index in [1.807, 2.05) is 6.07 Å².